The molecule has 0 aliphatic heterocycles. The molecule has 5 heteroatoms. The van der Waals surface area contributed by atoms with E-state index in [0.717, 1.165) is 16.7 Å². The number of nitrogens with one attached hydrogen (secondary N) is 1. The van der Waals surface area contributed by atoms with E-state index >= 15 is 0 Å². The second kappa shape index (κ2) is 9.01. The standard InChI is InChI=1S/C22H19ClN2O2/c1-16(17-11-13-19(23)14-12-17)24-25-22(26)15-27-21-10-6-5-9-20(21)18-7-3-2-4-8-18/h2-14H,15H2,1H3,(H,25,26)/b24-16-. The molecule has 3 aromatic rings. The molecule has 0 radical (unpaired) electrons. The van der Waals surface area contributed by atoms with E-state index in [1.165, 1.54) is 0 Å². The fraction of sp³-hybridized carbons (Fsp3) is 0.0909. The van der Waals surface area contributed by atoms with E-state index in [9.17, 15) is 4.79 Å². The van der Waals surface area contributed by atoms with Crippen LogP contribution in [0.15, 0.2) is 84.0 Å². The van der Waals surface area contributed by atoms with E-state index in [0.29, 0.717) is 16.5 Å². The fourth-order valence-corrected chi connectivity index (χ4v) is 2.65. The Morgan fingerprint density at radius 1 is 0.963 bits per heavy atom. The van der Waals surface area contributed by atoms with Crippen molar-refractivity contribution in [2.75, 3.05) is 6.61 Å². The van der Waals surface area contributed by atoms with Crippen LogP contribution in [0.25, 0.3) is 11.1 Å². The normalized spacial score (nSPS) is 11.1. The SMILES string of the molecule is C/C(=N/NC(=O)COc1ccccc1-c1ccccc1)c1ccc(Cl)cc1. The van der Waals surface area contributed by atoms with Crippen LogP contribution in [-0.4, -0.2) is 18.2 Å². The minimum Gasteiger partial charge on any atom is -0.483 e. The molecule has 0 unspecified atom stereocenters. The fourth-order valence-electron chi connectivity index (χ4n) is 2.53. The highest BCUT2D eigenvalue weighted by Crippen LogP contribution is 2.29. The zero-order valence-corrected chi connectivity index (χ0v) is 15.6. The van der Waals surface area contributed by atoms with E-state index in [1.54, 1.807) is 12.1 Å². The van der Waals surface area contributed by atoms with Gasteiger partial charge in [0.25, 0.3) is 5.91 Å². The van der Waals surface area contributed by atoms with Crippen LogP contribution in [0, 0.1) is 0 Å². The van der Waals surface area contributed by atoms with Crippen molar-refractivity contribution in [2.45, 2.75) is 6.92 Å². The summed E-state index contributed by atoms with van der Waals surface area (Å²) in [7, 11) is 0. The van der Waals surface area contributed by atoms with E-state index < -0.39 is 0 Å². The summed E-state index contributed by atoms with van der Waals surface area (Å²) < 4.78 is 5.71. The summed E-state index contributed by atoms with van der Waals surface area (Å²) >= 11 is 5.87. The Bertz CT molecular complexity index is 938. The number of nitrogens with zero attached hydrogens (tertiary/aromatic N) is 1. The third kappa shape index (κ3) is 5.19. The smallest absolute Gasteiger partial charge is 0.277 e. The largest absolute Gasteiger partial charge is 0.483 e. The van der Waals surface area contributed by atoms with Gasteiger partial charge in [-0.05, 0) is 36.2 Å². The van der Waals surface area contributed by atoms with Gasteiger partial charge in [-0.3, -0.25) is 4.79 Å². The summed E-state index contributed by atoms with van der Waals surface area (Å²) in [6, 6.07) is 24.8. The van der Waals surface area contributed by atoms with Crippen LogP contribution < -0.4 is 10.2 Å². The second-order valence-corrected chi connectivity index (χ2v) is 6.33. The summed E-state index contributed by atoms with van der Waals surface area (Å²) in [5.41, 5.74) is 6.05. The van der Waals surface area contributed by atoms with Crippen molar-refractivity contribution >= 4 is 23.2 Å². The number of halogens is 1. The number of hydrogen-bond donors (Lipinski definition) is 1. The average Bonchev–Trinajstić information content (AvgIpc) is 2.72. The summed E-state index contributed by atoms with van der Waals surface area (Å²) in [5.74, 6) is 0.323. The van der Waals surface area contributed by atoms with Crippen LogP contribution in [0.4, 0.5) is 0 Å². The van der Waals surface area contributed by atoms with Gasteiger partial charge in [0.1, 0.15) is 5.75 Å². The first-order valence-corrected chi connectivity index (χ1v) is 8.87. The van der Waals surface area contributed by atoms with Crippen molar-refractivity contribution in [3.63, 3.8) is 0 Å². The van der Waals surface area contributed by atoms with Crippen LogP contribution in [0.2, 0.25) is 5.02 Å². The van der Waals surface area contributed by atoms with Crippen molar-refractivity contribution < 1.29 is 9.53 Å². The van der Waals surface area contributed by atoms with Crippen LogP contribution in [-0.2, 0) is 4.79 Å². The van der Waals surface area contributed by atoms with Gasteiger partial charge in [0, 0.05) is 10.6 Å². The predicted octanol–water partition coefficient (Wildman–Crippen LogP) is 4.93. The Hall–Kier alpha value is -3.11. The lowest BCUT2D eigenvalue weighted by molar-refractivity contribution is -0.123. The van der Waals surface area contributed by atoms with Gasteiger partial charge in [-0.25, -0.2) is 5.43 Å². The molecule has 0 aliphatic carbocycles. The Labute approximate surface area is 163 Å². The monoisotopic (exact) mass is 378 g/mol. The maximum absolute atomic E-state index is 12.1. The molecule has 1 N–H and O–H groups in total. The van der Waals surface area contributed by atoms with Gasteiger partial charge in [-0.1, -0.05) is 72.3 Å². The Balaban J connectivity index is 1.61. The number of rotatable bonds is 6. The van der Waals surface area contributed by atoms with Gasteiger partial charge in [-0.15, -0.1) is 0 Å². The average molecular weight is 379 g/mol. The number of carbonyl (C=O) groups excluding carboxylic acids is 1. The predicted molar refractivity (Wildman–Crippen MR) is 109 cm³/mol. The molecular formula is C22H19ClN2O2. The topological polar surface area (TPSA) is 50.7 Å². The maximum Gasteiger partial charge on any atom is 0.277 e. The summed E-state index contributed by atoms with van der Waals surface area (Å²) in [4.78, 5) is 12.1. The maximum atomic E-state index is 12.1. The summed E-state index contributed by atoms with van der Waals surface area (Å²) in [6.07, 6.45) is 0. The zero-order chi connectivity index (χ0) is 19.1. The van der Waals surface area contributed by atoms with E-state index in [1.807, 2.05) is 73.7 Å². The highest BCUT2D eigenvalue weighted by molar-refractivity contribution is 6.30. The Kier molecular flexibility index (Phi) is 6.23. The number of hydrogen-bond acceptors (Lipinski definition) is 3. The number of carbonyl (C=O) groups is 1. The lowest BCUT2D eigenvalue weighted by Crippen LogP contribution is -2.25. The molecule has 1 amide bonds. The van der Waals surface area contributed by atoms with Gasteiger partial charge < -0.3 is 4.74 Å². The van der Waals surface area contributed by atoms with E-state index in [4.69, 9.17) is 16.3 Å². The number of ether oxygens (including phenoxy) is 1. The van der Waals surface area contributed by atoms with Crippen LogP contribution >= 0.6 is 11.6 Å². The van der Waals surface area contributed by atoms with Gasteiger partial charge in [0.2, 0.25) is 0 Å². The van der Waals surface area contributed by atoms with E-state index in [-0.39, 0.29) is 12.5 Å². The molecule has 3 rings (SSSR count). The molecule has 136 valence electrons. The summed E-state index contributed by atoms with van der Waals surface area (Å²) in [5, 5.41) is 4.76. The highest BCUT2D eigenvalue weighted by atomic mass is 35.5. The quantitative estimate of drug-likeness (QED) is 0.488. The molecule has 0 spiro atoms. The lowest BCUT2D eigenvalue weighted by Gasteiger charge is -2.11. The molecule has 27 heavy (non-hydrogen) atoms. The van der Waals surface area contributed by atoms with Crippen LogP contribution in [0.5, 0.6) is 5.75 Å². The third-order valence-corrected chi connectivity index (χ3v) is 4.19. The number of benzene rings is 3. The van der Waals surface area contributed by atoms with Crippen molar-refractivity contribution in [1.29, 1.82) is 0 Å². The first-order valence-electron chi connectivity index (χ1n) is 8.50. The number of hydrazone groups is 1. The molecule has 0 fully saturated rings. The number of amides is 1. The minimum absolute atomic E-state index is 0.124. The van der Waals surface area contributed by atoms with Gasteiger partial charge in [0.15, 0.2) is 6.61 Å². The van der Waals surface area contributed by atoms with Gasteiger partial charge >= 0.3 is 0 Å². The van der Waals surface area contributed by atoms with Crippen molar-refractivity contribution in [2.24, 2.45) is 5.10 Å². The van der Waals surface area contributed by atoms with Crippen molar-refractivity contribution in [1.82, 2.24) is 5.43 Å². The zero-order valence-electron chi connectivity index (χ0n) is 14.9. The summed E-state index contributed by atoms with van der Waals surface area (Å²) in [6.45, 7) is 1.69. The molecule has 0 atom stereocenters. The van der Waals surface area contributed by atoms with Crippen LogP contribution in [0.3, 0.4) is 0 Å². The highest BCUT2D eigenvalue weighted by Gasteiger charge is 2.08. The molecule has 3 aromatic carbocycles. The molecule has 4 nitrogen and oxygen atoms in total. The van der Waals surface area contributed by atoms with Gasteiger partial charge in [-0.2, -0.15) is 5.10 Å². The molecule has 0 saturated heterocycles. The van der Waals surface area contributed by atoms with Gasteiger partial charge in [0.05, 0.1) is 5.71 Å². The first-order chi connectivity index (χ1) is 13.1. The number of para-hydroxylation sites is 1. The van der Waals surface area contributed by atoms with Crippen LogP contribution in [0.1, 0.15) is 12.5 Å². The molecule has 0 saturated carbocycles. The molecule has 0 heterocycles. The molecular weight excluding hydrogens is 360 g/mol. The molecule has 0 aliphatic rings. The van der Waals surface area contributed by atoms with Crippen molar-refractivity contribution in [3.05, 3.63) is 89.4 Å². The minimum atomic E-state index is -0.328. The molecule has 0 bridgehead atoms. The Morgan fingerprint density at radius 2 is 1.63 bits per heavy atom. The Morgan fingerprint density at radius 3 is 2.37 bits per heavy atom. The molecule has 0 aromatic heterocycles. The lowest BCUT2D eigenvalue weighted by atomic mass is 10.1. The third-order valence-electron chi connectivity index (χ3n) is 3.94. The van der Waals surface area contributed by atoms with Crippen molar-refractivity contribution in [3.8, 4) is 16.9 Å². The second-order valence-electron chi connectivity index (χ2n) is 5.89. The first kappa shape index (κ1) is 18.7. The van der Waals surface area contributed by atoms with E-state index in [2.05, 4.69) is 10.5 Å².